The van der Waals surface area contributed by atoms with Crippen LogP contribution in [0, 0.1) is 6.92 Å². The summed E-state index contributed by atoms with van der Waals surface area (Å²) in [7, 11) is -3.11. The van der Waals surface area contributed by atoms with Crippen LogP contribution < -0.4 is 0 Å². The van der Waals surface area contributed by atoms with E-state index in [0.717, 1.165) is 17.7 Å². The molecule has 0 atom stereocenters. The van der Waals surface area contributed by atoms with Crippen molar-refractivity contribution in [1.82, 2.24) is 4.90 Å². The van der Waals surface area contributed by atoms with Crippen molar-refractivity contribution in [3.63, 3.8) is 0 Å². The van der Waals surface area contributed by atoms with Gasteiger partial charge in [0.05, 0.1) is 11.4 Å². The van der Waals surface area contributed by atoms with E-state index < -0.39 is 9.84 Å². The lowest BCUT2D eigenvalue weighted by Crippen LogP contribution is -2.39. The molecule has 1 fully saturated rings. The number of carbonyl (C=O) groups excluding carboxylic acids is 1. The van der Waals surface area contributed by atoms with Crippen molar-refractivity contribution in [2.75, 3.05) is 18.6 Å². The lowest BCUT2D eigenvalue weighted by molar-refractivity contribution is 0.0849. The Hall–Kier alpha value is -1.83. The maximum absolute atomic E-state index is 13.0. The van der Waals surface area contributed by atoms with E-state index in [4.69, 9.17) is 11.6 Å². The smallest absolute Gasteiger partial charge is 0.259 e. The van der Waals surface area contributed by atoms with Crippen molar-refractivity contribution in [2.24, 2.45) is 4.99 Å². The molecule has 2 aromatic rings. The van der Waals surface area contributed by atoms with Gasteiger partial charge in [0.1, 0.15) is 0 Å². The molecular formula is C20H21ClN2O3S2. The van der Waals surface area contributed by atoms with E-state index in [0.29, 0.717) is 33.5 Å². The highest BCUT2D eigenvalue weighted by molar-refractivity contribution is 8.13. The first-order valence-corrected chi connectivity index (χ1v) is 12.2. The third kappa shape index (κ3) is 5.37. The molecule has 1 amide bonds. The van der Waals surface area contributed by atoms with Crippen molar-refractivity contribution in [1.29, 1.82) is 0 Å². The first-order chi connectivity index (χ1) is 13.2. The van der Waals surface area contributed by atoms with E-state index in [2.05, 4.69) is 4.99 Å². The number of hydrogen-bond acceptors (Lipinski definition) is 5. The minimum atomic E-state index is -3.11. The monoisotopic (exact) mass is 436 g/mol. The van der Waals surface area contributed by atoms with E-state index in [1.807, 2.05) is 19.1 Å². The second kappa shape index (κ2) is 8.68. The Morgan fingerprint density at radius 1 is 1.21 bits per heavy atom. The molecule has 0 saturated carbocycles. The largest absolute Gasteiger partial charge is 0.287 e. The van der Waals surface area contributed by atoms with Crippen LogP contribution in [0.5, 0.6) is 0 Å². The number of halogens is 1. The lowest BCUT2D eigenvalue weighted by atomic mass is 10.1. The fourth-order valence-corrected chi connectivity index (χ4v) is 4.73. The summed E-state index contributed by atoms with van der Waals surface area (Å²) in [6.45, 7) is 2.52. The molecule has 0 bridgehead atoms. The Bertz CT molecular complexity index is 1020. The SMILES string of the molecule is Cc1ccc(N=C2SCCCN2C(=O)c2ccc(CS(C)(=O)=O)cc2)cc1Cl. The number of rotatable bonds is 4. The molecule has 0 aliphatic carbocycles. The molecule has 5 nitrogen and oxygen atoms in total. The summed E-state index contributed by atoms with van der Waals surface area (Å²) in [5, 5.41) is 1.29. The summed E-state index contributed by atoms with van der Waals surface area (Å²) in [5.41, 5.74) is 2.86. The number of carbonyl (C=O) groups is 1. The van der Waals surface area contributed by atoms with Gasteiger partial charge in [-0.1, -0.05) is 41.6 Å². The Balaban J connectivity index is 1.84. The third-order valence-electron chi connectivity index (χ3n) is 4.24. The van der Waals surface area contributed by atoms with E-state index in [9.17, 15) is 13.2 Å². The normalized spacial score (nSPS) is 16.4. The van der Waals surface area contributed by atoms with Gasteiger partial charge in [-0.15, -0.1) is 0 Å². The molecular weight excluding hydrogens is 416 g/mol. The molecule has 1 heterocycles. The maximum atomic E-state index is 13.0. The second-order valence-corrected chi connectivity index (χ2v) is 10.4. The van der Waals surface area contributed by atoms with Crippen molar-refractivity contribution in [3.8, 4) is 0 Å². The Morgan fingerprint density at radius 3 is 2.57 bits per heavy atom. The number of benzene rings is 2. The van der Waals surface area contributed by atoms with E-state index in [1.165, 1.54) is 6.26 Å². The maximum Gasteiger partial charge on any atom is 0.259 e. The van der Waals surface area contributed by atoms with Gasteiger partial charge in [0.2, 0.25) is 0 Å². The Labute approximate surface area is 174 Å². The van der Waals surface area contributed by atoms with Gasteiger partial charge < -0.3 is 0 Å². The van der Waals surface area contributed by atoms with Crippen LogP contribution in [0.25, 0.3) is 0 Å². The topological polar surface area (TPSA) is 66.8 Å². The van der Waals surface area contributed by atoms with E-state index >= 15 is 0 Å². The molecule has 1 aliphatic heterocycles. The second-order valence-electron chi connectivity index (χ2n) is 6.75. The number of amides is 1. The first kappa shape index (κ1) is 20.9. The first-order valence-electron chi connectivity index (χ1n) is 8.79. The summed E-state index contributed by atoms with van der Waals surface area (Å²) in [6, 6.07) is 12.3. The summed E-state index contributed by atoms with van der Waals surface area (Å²) in [4.78, 5) is 19.3. The minimum Gasteiger partial charge on any atom is -0.287 e. The summed E-state index contributed by atoms with van der Waals surface area (Å²) in [6.07, 6.45) is 2.08. The number of thioether (sulfide) groups is 1. The molecule has 0 radical (unpaired) electrons. The summed E-state index contributed by atoms with van der Waals surface area (Å²) >= 11 is 7.73. The van der Waals surface area contributed by atoms with Crippen LogP contribution >= 0.6 is 23.4 Å². The van der Waals surface area contributed by atoms with Gasteiger partial charge in [0.25, 0.3) is 5.91 Å². The van der Waals surface area contributed by atoms with E-state index in [-0.39, 0.29) is 11.7 Å². The van der Waals surface area contributed by atoms with Crippen LogP contribution in [-0.2, 0) is 15.6 Å². The number of sulfone groups is 1. The molecule has 0 aromatic heterocycles. The Kier molecular flexibility index (Phi) is 6.47. The quantitative estimate of drug-likeness (QED) is 0.709. The van der Waals surface area contributed by atoms with Gasteiger partial charge in [0, 0.05) is 29.1 Å². The van der Waals surface area contributed by atoms with Gasteiger partial charge in [0.15, 0.2) is 15.0 Å². The van der Waals surface area contributed by atoms with Gasteiger partial charge in [-0.3, -0.25) is 9.69 Å². The highest BCUT2D eigenvalue weighted by Crippen LogP contribution is 2.27. The molecule has 3 rings (SSSR count). The van der Waals surface area contributed by atoms with Gasteiger partial charge in [-0.05, 0) is 48.7 Å². The molecule has 148 valence electrons. The van der Waals surface area contributed by atoms with Crippen LogP contribution in [0.15, 0.2) is 47.5 Å². The highest BCUT2D eigenvalue weighted by Gasteiger charge is 2.25. The minimum absolute atomic E-state index is 0.0398. The number of aryl methyl sites for hydroxylation is 1. The van der Waals surface area contributed by atoms with E-state index in [1.54, 1.807) is 47.0 Å². The summed E-state index contributed by atoms with van der Waals surface area (Å²) in [5.74, 6) is 0.715. The third-order valence-corrected chi connectivity index (χ3v) is 6.57. The van der Waals surface area contributed by atoms with Gasteiger partial charge >= 0.3 is 0 Å². The average molecular weight is 437 g/mol. The van der Waals surface area contributed by atoms with Crippen molar-refractivity contribution in [2.45, 2.75) is 19.1 Å². The van der Waals surface area contributed by atoms with Crippen LogP contribution in [-0.4, -0.2) is 42.9 Å². The molecule has 1 aliphatic rings. The van der Waals surface area contributed by atoms with Gasteiger partial charge in [-0.2, -0.15) is 0 Å². The lowest BCUT2D eigenvalue weighted by Gasteiger charge is -2.28. The van der Waals surface area contributed by atoms with Crippen molar-refractivity contribution >= 4 is 50.0 Å². The Morgan fingerprint density at radius 2 is 1.93 bits per heavy atom. The zero-order chi connectivity index (χ0) is 20.3. The van der Waals surface area contributed by atoms with Gasteiger partial charge in [-0.25, -0.2) is 13.4 Å². The standard InChI is InChI=1S/C20H21ClN2O3S2/c1-14-4-9-17(12-18(14)21)22-20-23(10-3-11-27-20)19(24)16-7-5-15(6-8-16)13-28(2,25)26/h4-9,12H,3,10-11,13H2,1-2H3. The molecule has 2 aromatic carbocycles. The molecule has 1 saturated heterocycles. The fraction of sp³-hybridized carbons (Fsp3) is 0.300. The van der Waals surface area contributed by atoms with Crippen LogP contribution in [0.1, 0.15) is 27.9 Å². The molecule has 0 unspecified atom stereocenters. The molecule has 8 heteroatoms. The predicted octanol–water partition coefficient (Wildman–Crippen LogP) is 4.46. The van der Waals surface area contributed by atoms with Crippen LogP contribution in [0.2, 0.25) is 5.02 Å². The molecule has 28 heavy (non-hydrogen) atoms. The van der Waals surface area contributed by atoms with Crippen LogP contribution in [0.4, 0.5) is 5.69 Å². The van der Waals surface area contributed by atoms with Crippen molar-refractivity contribution in [3.05, 3.63) is 64.2 Å². The summed E-state index contributed by atoms with van der Waals surface area (Å²) < 4.78 is 22.9. The number of hydrogen-bond donors (Lipinski definition) is 0. The molecule has 0 spiro atoms. The predicted molar refractivity (Wildman–Crippen MR) is 116 cm³/mol. The van der Waals surface area contributed by atoms with Crippen molar-refractivity contribution < 1.29 is 13.2 Å². The van der Waals surface area contributed by atoms with Crippen LogP contribution in [0.3, 0.4) is 0 Å². The number of amidine groups is 1. The number of aliphatic imine (C=N–C) groups is 1. The number of nitrogens with zero attached hydrogens (tertiary/aromatic N) is 2. The highest BCUT2D eigenvalue weighted by atomic mass is 35.5. The average Bonchev–Trinajstić information content (AvgIpc) is 2.64. The zero-order valence-electron chi connectivity index (χ0n) is 15.7. The fourth-order valence-electron chi connectivity index (χ4n) is 2.80. The molecule has 0 N–H and O–H groups in total. The zero-order valence-corrected chi connectivity index (χ0v) is 18.1.